The monoisotopic (exact) mass is 1010 g/mol. The number of rotatable bonds is 55. The maximum atomic E-state index is 12.8. The lowest BCUT2D eigenvalue weighted by atomic mass is 10.1. The predicted molar refractivity (Wildman–Crippen MR) is 316 cm³/mol. The fourth-order valence-electron chi connectivity index (χ4n) is 8.52. The van der Waals surface area contributed by atoms with Gasteiger partial charge in [-0.1, -0.05) is 285 Å². The van der Waals surface area contributed by atoms with E-state index in [1.165, 1.54) is 141 Å². The number of ether oxygens (including phenoxy) is 3. The highest BCUT2D eigenvalue weighted by Gasteiger charge is 2.19. The van der Waals surface area contributed by atoms with Gasteiger partial charge in [0.25, 0.3) is 0 Å². The summed E-state index contributed by atoms with van der Waals surface area (Å²) in [5, 5.41) is 0. The second-order valence-corrected chi connectivity index (χ2v) is 20.2. The first-order valence-corrected chi connectivity index (χ1v) is 30.7. The van der Waals surface area contributed by atoms with Crippen molar-refractivity contribution in [2.24, 2.45) is 0 Å². The summed E-state index contributed by atoms with van der Waals surface area (Å²) in [6, 6.07) is 0. The van der Waals surface area contributed by atoms with Crippen LogP contribution in [0.2, 0.25) is 0 Å². The smallest absolute Gasteiger partial charge is 0.306 e. The average molecular weight is 1020 g/mol. The summed E-state index contributed by atoms with van der Waals surface area (Å²) in [6.45, 7) is 6.51. The highest BCUT2D eigenvalue weighted by Crippen LogP contribution is 2.16. The van der Waals surface area contributed by atoms with Crippen LogP contribution in [0.5, 0.6) is 0 Å². The molecule has 0 heterocycles. The van der Waals surface area contributed by atoms with Gasteiger partial charge >= 0.3 is 17.9 Å². The van der Waals surface area contributed by atoms with Gasteiger partial charge in [-0.3, -0.25) is 14.4 Å². The summed E-state index contributed by atoms with van der Waals surface area (Å²) in [4.78, 5) is 38.0. The van der Waals surface area contributed by atoms with Crippen LogP contribution in [0.1, 0.15) is 290 Å². The number of carbonyl (C=O) groups excluding carboxylic acids is 3. The van der Waals surface area contributed by atoms with Crippen LogP contribution < -0.4 is 0 Å². The third-order valence-corrected chi connectivity index (χ3v) is 13.1. The van der Waals surface area contributed by atoms with E-state index in [1.807, 2.05) is 0 Å². The molecule has 0 aromatic rings. The summed E-state index contributed by atoms with van der Waals surface area (Å²) in [5.41, 5.74) is 0. The zero-order valence-electron chi connectivity index (χ0n) is 47.9. The zero-order valence-corrected chi connectivity index (χ0v) is 47.9. The molecular formula is C67H114O6. The Balaban J connectivity index is 4.07. The Morgan fingerprint density at radius 2 is 0.534 bits per heavy atom. The summed E-state index contributed by atoms with van der Waals surface area (Å²) in [7, 11) is 0. The Bertz CT molecular complexity index is 1440. The van der Waals surface area contributed by atoms with Crippen LogP contribution in [0.4, 0.5) is 0 Å². The van der Waals surface area contributed by atoms with Gasteiger partial charge in [-0.15, -0.1) is 0 Å². The van der Waals surface area contributed by atoms with Crippen molar-refractivity contribution < 1.29 is 28.6 Å². The summed E-state index contributed by atoms with van der Waals surface area (Å²) < 4.78 is 16.8. The van der Waals surface area contributed by atoms with Gasteiger partial charge in [0.15, 0.2) is 6.10 Å². The van der Waals surface area contributed by atoms with Gasteiger partial charge in [0.05, 0.1) is 0 Å². The average Bonchev–Trinajstić information content (AvgIpc) is 3.39. The van der Waals surface area contributed by atoms with Crippen LogP contribution >= 0.6 is 0 Å². The molecule has 0 radical (unpaired) electrons. The van der Waals surface area contributed by atoms with E-state index < -0.39 is 6.10 Å². The molecule has 0 amide bonds. The highest BCUT2D eigenvalue weighted by molar-refractivity contribution is 5.71. The molecule has 0 aliphatic heterocycles. The second kappa shape index (κ2) is 60.9. The van der Waals surface area contributed by atoms with Gasteiger partial charge < -0.3 is 14.2 Å². The molecule has 418 valence electrons. The van der Waals surface area contributed by atoms with Crippen molar-refractivity contribution >= 4 is 17.9 Å². The van der Waals surface area contributed by atoms with Crippen LogP contribution in [0, 0.1) is 0 Å². The standard InChI is InChI=1S/C67H114O6/c1-4-7-10-13-16-19-22-23-24-25-26-27-28-29-30-31-32-33-34-35-36-37-38-39-40-41-42-43-44-45-46-49-51-54-57-60-66(69)72-63-64(73-67(70)61-58-55-52-48-21-18-15-12-9-6-3)62-71-65(68)59-56-53-50-47-20-17-14-11-8-5-2/h7,10,16,19,23-24,26-27,29-30,32-33,35-36,38-39,64H,4-6,8-9,11-15,17-18,20-22,25,28,31,34,37,40-63H2,1-3H3/b10-7-,19-16-,24-23-,27-26-,30-29-,33-32-,36-35-,39-38-. The van der Waals surface area contributed by atoms with E-state index in [0.29, 0.717) is 19.3 Å². The third kappa shape index (κ3) is 59.1. The molecular weight excluding hydrogens is 901 g/mol. The minimum Gasteiger partial charge on any atom is -0.462 e. The fourth-order valence-corrected chi connectivity index (χ4v) is 8.52. The van der Waals surface area contributed by atoms with Crippen molar-refractivity contribution in [3.8, 4) is 0 Å². The largest absolute Gasteiger partial charge is 0.462 e. The van der Waals surface area contributed by atoms with Crippen LogP contribution in [0.3, 0.4) is 0 Å². The normalized spacial score (nSPS) is 12.8. The quantitative estimate of drug-likeness (QED) is 0.0261. The van der Waals surface area contributed by atoms with Crippen molar-refractivity contribution in [2.75, 3.05) is 13.2 Å². The maximum absolute atomic E-state index is 12.8. The molecule has 0 aromatic heterocycles. The number of esters is 3. The maximum Gasteiger partial charge on any atom is 0.306 e. The number of unbranched alkanes of at least 4 members (excludes halogenated alkanes) is 28. The molecule has 1 atom stereocenters. The number of hydrogen-bond acceptors (Lipinski definition) is 6. The molecule has 0 spiro atoms. The first kappa shape index (κ1) is 69.3. The van der Waals surface area contributed by atoms with Crippen molar-refractivity contribution in [3.63, 3.8) is 0 Å². The van der Waals surface area contributed by atoms with Crippen LogP contribution in [0.15, 0.2) is 97.2 Å². The second-order valence-electron chi connectivity index (χ2n) is 20.2. The Labute approximate surface area is 451 Å². The van der Waals surface area contributed by atoms with Crippen molar-refractivity contribution in [1.29, 1.82) is 0 Å². The summed E-state index contributed by atoms with van der Waals surface area (Å²) >= 11 is 0. The van der Waals surface area contributed by atoms with Gasteiger partial charge in [-0.25, -0.2) is 0 Å². The van der Waals surface area contributed by atoms with Gasteiger partial charge in [0, 0.05) is 19.3 Å². The van der Waals surface area contributed by atoms with Gasteiger partial charge in [0.1, 0.15) is 13.2 Å². The van der Waals surface area contributed by atoms with Crippen LogP contribution in [0.25, 0.3) is 0 Å². The SMILES string of the molecule is CC/C=C\C/C=C\C/C=C\C/C=C\C/C=C\C/C=C\C/C=C\C/C=C\CCCCCCCCCCCCC(=O)OCC(COC(=O)CCCCCCCCCCCC)OC(=O)CCCCCCCCCCCC. The van der Waals surface area contributed by atoms with E-state index in [-0.39, 0.29) is 31.1 Å². The van der Waals surface area contributed by atoms with E-state index in [1.54, 1.807) is 0 Å². The molecule has 0 fully saturated rings. The van der Waals surface area contributed by atoms with E-state index in [4.69, 9.17) is 14.2 Å². The molecule has 73 heavy (non-hydrogen) atoms. The zero-order chi connectivity index (χ0) is 52.9. The fraction of sp³-hybridized carbons (Fsp3) is 0.716. The van der Waals surface area contributed by atoms with E-state index in [2.05, 4.69) is 118 Å². The lowest BCUT2D eigenvalue weighted by Crippen LogP contribution is -2.30. The minimum atomic E-state index is -0.773. The molecule has 0 aliphatic carbocycles. The lowest BCUT2D eigenvalue weighted by Gasteiger charge is -2.18. The Morgan fingerprint density at radius 1 is 0.288 bits per heavy atom. The minimum absolute atomic E-state index is 0.0736. The molecule has 6 nitrogen and oxygen atoms in total. The molecule has 0 aromatic carbocycles. The van der Waals surface area contributed by atoms with Crippen LogP contribution in [-0.2, 0) is 28.6 Å². The molecule has 0 bridgehead atoms. The predicted octanol–water partition coefficient (Wildman–Crippen LogP) is 20.9. The van der Waals surface area contributed by atoms with Crippen molar-refractivity contribution in [2.45, 2.75) is 297 Å². The molecule has 0 rings (SSSR count). The van der Waals surface area contributed by atoms with Gasteiger partial charge in [0.2, 0.25) is 0 Å². The summed E-state index contributed by atoms with van der Waals surface area (Å²) in [5.74, 6) is -0.875. The Morgan fingerprint density at radius 3 is 0.836 bits per heavy atom. The van der Waals surface area contributed by atoms with Crippen molar-refractivity contribution in [3.05, 3.63) is 97.2 Å². The number of hydrogen-bond donors (Lipinski definition) is 0. The van der Waals surface area contributed by atoms with Gasteiger partial charge in [-0.2, -0.15) is 0 Å². The van der Waals surface area contributed by atoms with Gasteiger partial charge in [-0.05, 0) is 83.5 Å². The molecule has 1 unspecified atom stereocenters. The van der Waals surface area contributed by atoms with Crippen LogP contribution in [-0.4, -0.2) is 37.2 Å². The number of carbonyl (C=O) groups is 3. The van der Waals surface area contributed by atoms with Crippen molar-refractivity contribution in [1.82, 2.24) is 0 Å². The first-order valence-electron chi connectivity index (χ1n) is 30.7. The molecule has 0 N–H and O–H groups in total. The first-order chi connectivity index (χ1) is 36.0. The summed E-state index contributed by atoms with van der Waals surface area (Å²) in [6.07, 6.45) is 81.4. The van der Waals surface area contributed by atoms with E-state index >= 15 is 0 Å². The molecule has 6 heteroatoms. The highest BCUT2D eigenvalue weighted by atomic mass is 16.6. The number of allylic oxidation sites excluding steroid dienone is 16. The topological polar surface area (TPSA) is 78.9 Å². The third-order valence-electron chi connectivity index (χ3n) is 13.1. The Kier molecular flexibility index (Phi) is 57.8. The lowest BCUT2D eigenvalue weighted by molar-refractivity contribution is -0.167. The Hall–Kier alpha value is -3.67. The molecule has 0 saturated carbocycles. The molecule has 0 aliphatic rings. The van der Waals surface area contributed by atoms with E-state index in [9.17, 15) is 14.4 Å². The van der Waals surface area contributed by atoms with E-state index in [0.717, 1.165) is 109 Å². The molecule has 0 saturated heterocycles.